The van der Waals surface area contributed by atoms with Crippen LogP contribution in [0.25, 0.3) is 0 Å². The van der Waals surface area contributed by atoms with Crippen LogP contribution in [0.5, 0.6) is 0 Å². The standard InChI is InChI=1S/C29H21N5O3S/c1-20(35)28-31-33(25-18-10-11-19-26(25)34(36)37)29(38-28)24-17-9-8-16-23(24)27(21-12-4-2-5-13-21)30-32(29)22-14-6-3-7-15-22/h2-19H,1H3. The molecule has 4 aromatic carbocycles. The first kappa shape index (κ1) is 23.6. The smallest absolute Gasteiger partial charge is 0.292 e. The first-order valence-corrected chi connectivity index (χ1v) is 12.7. The maximum atomic E-state index is 12.7. The molecule has 6 rings (SSSR count). The number of carbonyl (C=O) groups is 1. The van der Waals surface area contributed by atoms with Crippen molar-refractivity contribution in [1.82, 2.24) is 0 Å². The van der Waals surface area contributed by atoms with Crippen LogP contribution in [-0.2, 0) is 9.79 Å². The summed E-state index contributed by atoms with van der Waals surface area (Å²) < 4.78 is 0. The number of nitrogens with zero attached hydrogens (tertiary/aromatic N) is 5. The highest BCUT2D eigenvalue weighted by molar-refractivity contribution is 8.17. The second-order valence-electron chi connectivity index (χ2n) is 8.74. The Morgan fingerprint density at radius 1 is 0.816 bits per heavy atom. The number of hydrogen-bond acceptors (Lipinski definition) is 8. The molecule has 38 heavy (non-hydrogen) atoms. The van der Waals surface area contributed by atoms with Gasteiger partial charge >= 0.3 is 0 Å². The van der Waals surface area contributed by atoms with Crippen LogP contribution in [0.15, 0.2) is 119 Å². The monoisotopic (exact) mass is 519 g/mol. The lowest BCUT2D eigenvalue weighted by molar-refractivity contribution is -0.384. The van der Waals surface area contributed by atoms with Gasteiger partial charge in [-0.2, -0.15) is 10.2 Å². The van der Waals surface area contributed by atoms with Crippen molar-refractivity contribution in [3.05, 3.63) is 136 Å². The fourth-order valence-electron chi connectivity index (χ4n) is 4.74. The molecule has 0 radical (unpaired) electrons. The second-order valence-corrected chi connectivity index (χ2v) is 9.90. The van der Waals surface area contributed by atoms with Gasteiger partial charge in [0, 0.05) is 29.7 Å². The van der Waals surface area contributed by atoms with Gasteiger partial charge in [0.2, 0.25) is 4.99 Å². The number of carbonyl (C=O) groups excluding carboxylic acids is 1. The molecule has 186 valence electrons. The summed E-state index contributed by atoms with van der Waals surface area (Å²) in [5, 5.41) is 25.6. The number of para-hydroxylation sites is 3. The molecule has 0 aromatic heterocycles. The predicted molar refractivity (Wildman–Crippen MR) is 150 cm³/mol. The van der Waals surface area contributed by atoms with E-state index in [1.54, 1.807) is 23.2 Å². The van der Waals surface area contributed by atoms with Gasteiger partial charge in [-0.25, -0.2) is 10.0 Å². The fraction of sp³-hybridized carbons (Fsp3) is 0.0690. The molecule has 2 heterocycles. The molecule has 0 fully saturated rings. The summed E-state index contributed by atoms with van der Waals surface area (Å²) in [5.74, 6) is -0.237. The maximum Gasteiger partial charge on any atom is 0.294 e. The molecule has 8 nitrogen and oxygen atoms in total. The summed E-state index contributed by atoms with van der Waals surface area (Å²) >= 11 is 1.23. The van der Waals surface area contributed by atoms with Crippen molar-refractivity contribution in [2.45, 2.75) is 11.9 Å². The van der Waals surface area contributed by atoms with E-state index in [0.29, 0.717) is 0 Å². The van der Waals surface area contributed by atoms with Gasteiger partial charge in [-0.05, 0) is 30.0 Å². The summed E-state index contributed by atoms with van der Waals surface area (Å²) in [6, 6.07) is 33.7. The zero-order valence-corrected chi connectivity index (χ0v) is 21.1. The van der Waals surface area contributed by atoms with Crippen LogP contribution in [0.1, 0.15) is 23.6 Å². The molecule has 2 aliphatic rings. The highest BCUT2D eigenvalue weighted by Gasteiger charge is 2.56. The highest BCUT2D eigenvalue weighted by Crippen LogP contribution is 2.56. The Morgan fingerprint density at radius 3 is 2.16 bits per heavy atom. The topological polar surface area (TPSA) is 91.4 Å². The number of anilines is 2. The number of hydrazone groups is 2. The SMILES string of the molecule is CC(=O)C1=NN(c2ccccc2[N+](=O)[O-])C2(S1)c1ccccc1C(c1ccccc1)=NN2c1ccccc1. The van der Waals surface area contributed by atoms with E-state index in [0.717, 1.165) is 28.1 Å². The molecule has 9 heteroatoms. The summed E-state index contributed by atoms with van der Waals surface area (Å²) in [4.78, 5) is 23.2. The van der Waals surface area contributed by atoms with E-state index in [9.17, 15) is 14.9 Å². The number of ketones is 1. The van der Waals surface area contributed by atoms with E-state index in [-0.39, 0.29) is 22.2 Å². The molecule has 0 amide bonds. The minimum absolute atomic E-state index is 0.121. The van der Waals surface area contributed by atoms with Crippen molar-refractivity contribution < 1.29 is 9.72 Å². The fourth-order valence-corrected chi connectivity index (χ4v) is 6.02. The number of thioether (sulfide) groups is 1. The van der Waals surface area contributed by atoms with Crippen molar-refractivity contribution in [2.24, 2.45) is 10.2 Å². The summed E-state index contributed by atoms with van der Waals surface area (Å²) in [6.07, 6.45) is 0. The van der Waals surface area contributed by atoms with Crippen molar-refractivity contribution in [2.75, 3.05) is 10.0 Å². The molecule has 0 saturated heterocycles. The quantitative estimate of drug-likeness (QED) is 0.233. The third-order valence-corrected chi connectivity index (χ3v) is 7.81. The van der Waals surface area contributed by atoms with E-state index in [4.69, 9.17) is 10.2 Å². The Balaban J connectivity index is 1.70. The number of hydrogen-bond donors (Lipinski definition) is 0. The van der Waals surface area contributed by atoms with Crippen molar-refractivity contribution >= 4 is 45.4 Å². The first-order valence-electron chi connectivity index (χ1n) is 11.9. The zero-order chi connectivity index (χ0) is 26.3. The van der Waals surface area contributed by atoms with Crippen LogP contribution >= 0.6 is 11.8 Å². The van der Waals surface area contributed by atoms with Gasteiger partial charge in [0.1, 0.15) is 5.69 Å². The number of Topliss-reactive ketones (excluding diaryl/α,β-unsaturated/α-hetero) is 1. The lowest BCUT2D eigenvalue weighted by Crippen LogP contribution is -2.54. The minimum Gasteiger partial charge on any atom is -0.292 e. The third-order valence-electron chi connectivity index (χ3n) is 6.39. The third kappa shape index (κ3) is 3.67. The minimum atomic E-state index is -1.25. The average molecular weight is 520 g/mol. The molecule has 0 aliphatic carbocycles. The van der Waals surface area contributed by atoms with Crippen molar-refractivity contribution in [3.63, 3.8) is 0 Å². The number of rotatable bonds is 5. The zero-order valence-electron chi connectivity index (χ0n) is 20.3. The number of nitro benzene ring substituents is 1. The van der Waals surface area contributed by atoms with Gasteiger partial charge in [0.15, 0.2) is 10.8 Å². The van der Waals surface area contributed by atoms with Crippen LogP contribution in [0.2, 0.25) is 0 Å². The van der Waals surface area contributed by atoms with E-state index in [2.05, 4.69) is 0 Å². The van der Waals surface area contributed by atoms with Gasteiger partial charge in [-0.3, -0.25) is 14.9 Å². The normalized spacial score (nSPS) is 18.1. The Labute approximate surface area is 223 Å². The lowest BCUT2D eigenvalue weighted by Gasteiger charge is -2.46. The first-order chi connectivity index (χ1) is 18.5. The van der Waals surface area contributed by atoms with Crippen LogP contribution < -0.4 is 10.0 Å². The summed E-state index contributed by atoms with van der Waals surface area (Å²) in [6.45, 7) is 1.45. The lowest BCUT2D eigenvalue weighted by atomic mass is 9.93. The van der Waals surface area contributed by atoms with E-state index < -0.39 is 9.92 Å². The molecular weight excluding hydrogens is 498 g/mol. The number of benzene rings is 4. The second kappa shape index (κ2) is 9.28. The molecule has 1 atom stereocenters. The van der Waals surface area contributed by atoms with Crippen LogP contribution in [-0.4, -0.2) is 21.5 Å². The van der Waals surface area contributed by atoms with E-state index >= 15 is 0 Å². The average Bonchev–Trinajstić information content (AvgIpc) is 3.35. The van der Waals surface area contributed by atoms with Gasteiger partial charge in [0.25, 0.3) is 5.69 Å². The van der Waals surface area contributed by atoms with E-state index in [1.165, 1.54) is 24.8 Å². The van der Waals surface area contributed by atoms with Gasteiger partial charge in [0.05, 0.1) is 16.3 Å². The van der Waals surface area contributed by atoms with Crippen LogP contribution in [0, 0.1) is 10.1 Å². The number of fused-ring (bicyclic) bond motifs is 2. The van der Waals surface area contributed by atoms with Gasteiger partial charge in [-0.15, -0.1) is 0 Å². The van der Waals surface area contributed by atoms with Crippen LogP contribution in [0.4, 0.5) is 17.1 Å². The van der Waals surface area contributed by atoms with Crippen LogP contribution in [0.3, 0.4) is 0 Å². The highest BCUT2D eigenvalue weighted by atomic mass is 32.2. The maximum absolute atomic E-state index is 12.7. The van der Waals surface area contributed by atoms with Gasteiger partial charge in [-0.1, -0.05) is 84.9 Å². The van der Waals surface area contributed by atoms with Crippen molar-refractivity contribution in [3.8, 4) is 0 Å². The van der Waals surface area contributed by atoms with Crippen molar-refractivity contribution in [1.29, 1.82) is 0 Å². The molecule has 2 aliphatic heterocycles. The summed E-state index contributed by atoms with van der Waals surface area (Å²) in [5.41, 5.74) is 4.20. The molecule has 0 N–H and O–H groups in total. The largest absolute Gasteiger partial charge is 0.294 e. The molecule has 1 unspecified atom stereocenters. The molecule has 0 bridgehead atoms. The Kier molecular flexibility index (Phi) is 5.77. The predicted octanol–water partition coefficient (Wildman–Crippen LogP) is 6.13. The Morgan fingerprint density at radius 2 is 1.45 bits per heavy atom. The summed E-state index contributed by atoms with van der Waals surface area (Å²) in [7, 11) is 0. The molecule has 0 saturated carbocycles. The Bertz CT molecular complexity index is 1620. The molecule has 4 aromatic rings. The Hall–Kier alpha value is -4.76. The number of nitro groups is 1. The van der Waals surface area contributed by atoms with Gasteiger partial charge < -0.3 is 0 Å². The molecular formula is C29H21N5O3S. The molecule has 1 spiro atoms. The van der Waals surface area contributed by atoms with E-state index in [1.807, 2.05) is 89.9 Å².